The second-order valence-corrected chi connectivity index (χ2v) is 5.76. The van der Waals surface area contributed by atoms with Crippen LogP contribution in [0.1, 0.15) is 5.56 Å². The largest absolute Gasteiger partial charge is 0.308 e. The molecule has 108 valence electrons. The maximum Gasteiger partial charge on any atom is 0.100 e. The normalized spacial score (nSPS) is 11.4. The van der Waals surface area contributed by atoms with Crippen LogP contribution in [0.15, 0.2) is 48.5 Å². The van der Waals surface area contributed by atoms with E-state index in [0.29, 0.717) is 0 Å². The van der Waals surface area contributed by atoms with Crippen molar-refractivity contribution >= 4 is 10.9 Å². The van der Waals surface area contributed by atoms with E-state index in [0.717, 1.165) is 18.8 Å². The van der Waals surface area contributed by atoms with Gasteiger partial charge in [0.15, 0.2) is 0 Å². The highest BCUT2D eigenvalue weighted by molar-refractivity contribution is 5.93. The van der Waals surface area contributed by atoms with Crippen LogP contribution in [0.2, 0.25) is 0 Å². The molecule has 1 aromatic heterocycles. The highest BCUT2D eigenvalue weighted by atomic mass is 15.3. The van der Waals surface area contributed by atoms with Gasteiger partial charge in [-0.1, -0.05) is 42.0 Å². The van der Waals surface area contributed by atoms with E-state index in [1.54, 1.807) is 0 Å². The third kappa shape index (κ3) is 2.83. The van der Waals surface area contributed by atoms with Gasteiger partial charge in [-0.2, -0.15) is 5.10 Å². The molecule has 3 nitrogen and oxygen atoms in total. The number of hydrogen-bond donors (Lipinski definition) is 0. The van der Waals surface area contributed by atoms with E-state index in [4.69, 9.17) is 5.10 Å². The molecular formula is C18H21N3. The van der Waals surface area contributed by atoms with Crippen molar-refractivity contribution in [3.8, 4) is 11.3 Å². The summed E-state index contributed by atoms with van der Waals surface area (Å²) in [5.74, 6) is 0. The third-order valence-electron chi connectivity index (χ3n) is 3.71. The fourth-order valence-corrected chi connectivity index (χ4v) is 2.57. The fraction of sp³-hybridized carbons (Fsp3) is 0.278. The quantitative estimate of drug-likeness (QED) is 0.728. The Kier molecular flexibility index (Phi) is 3.76. The Morgan fingerprint density at radius 2 is 1.81 bits per heavy atom. The molecule has 2 aromatic carbocycles. The highest BCUT2D eigenvalue weighted by Gasteiger charge is 2.12. The van der Waals surface area contributed by atoms with Gasteiger partial charge in [0.2, 0.25) is 0 Å². The summed E-state index contributed by atoms with van der Waals surface area (Å²) >= 11 is 0. The minimum atomic E-state index is 0.902. The van der Waals surface area contributed by atoms with Crippen molar-refractivity contribution in [2.45, 2.75) is 13.5 Å². The van der Waals surface area contributed by atoms with Crippen molar-refractivity contribution in [1.29, 1.82) is 0 Å². The van der Waals surface area contributed by atoms with Gasteiger partial charge in [-0.05, 0) is 33.2 Å². The Hall–Kier alpha value is -2.13. The second kappa shape index (κ2) is 5.70. The summed E-state index contributed by atoms with van der Waals surface area (Å²) in [5.41, 5.74) is 4.73. The first-order valence-corrected chi connectivity index (χ1v) is 7.32. The molecule has 0 N–H and O–H groups in total. The molecule has 0 bridgehead atoms. The Labute approximate surface area is 125 Å². The van der Waals surface area contributed by atoms with Gasteiger partial charge in [-0.15, -0.1) is 0 Å². The standard InChI is InChI=1S/C18H21N3/c1-14-9-10-17-16(13-14)18(15-7-5-4-6-8-15)19-21(17)12-11-20(2)3/h4-10,13H,11-12H2,1-3H3. The maximum absolute atomic E-state index is 4.86. The van der Waals surface area contributed by atoms with E-state index in [1.807, 2.05) is 6.07 Å². The first-order chi connectivity index (χ1) is 10.1. The molecule has 3 aromatic rings. The van der Waals surface area contributed by atoms with Crippen LogP contribution in [0, 0.1) is 6.92 Å². The molecule has 0 saturated carbocycles. The van der Waals surface area contributed by atoms with Crippen molar-refractivity contribution in [3.05, 3.63) is 54.1 Å². The zero-order valence-electron chi connectivity index (χ0n) is 12.9. The number of aromatic nitrogens is 2. The minimum absolute atomic E-state index is 0.902. The van der Waals surface area contributed by atoms with Gasteiger partial charge in [0.1, 0.15) is 5.69 Å². The lowest BCUT2D eigenvalue weighted by Gasteiger charge is -2.09. The first-order valence-electron chi connectivity index (χ1n) is 7.32. The number of benzene rings is 2. The Balaban J connectivity index is 2.13. The SMILES string of the molecule is Cc1ccc2c(c1)c(-c1ccccc1)nn2CCN(C)C. The Bertz CT molecular complexity index is 742. The number of rotatable bonds is 4. The van der Waals surface area contributed by atoms with Crippen LogP contribution in [0.3, 0.4) is 0 Å². The van der Waals surface area contributed by atoms with Crippen molar-refractivity contribution in [1.82, 2.24) is 14.7 Å². The molecule has 0 aliphatic carbocycles. The fourth-order valence-electron chi connectivity index (χ4n) is 2.57. The molecular weight excluding hydrogens is 258 g/mol. The molecule has 0 unspecified atom stereocenters. The van der Waals surface area contributed by atoms with E-state index in [-0.39, 0.29) is 0 Å². The molecule has 0 saturated heterocycles. The summed E-state index contributed by atoms with van der Waals surface area (Å²) in [4.78, 5) is 2.18. The van der Waals surface area contributed by atoms with Gasteiger partial charge >= 0.3 is 0 Å². The summed E-state index contributed by atoms with van der Waals surface area (Å²) in [5, 5.41) is 6.10. The summed E-state index contributed by atoms with van der Waals surface area (Å²) in [6, 6.07) is 17.0. The average Bonchev–Trinajstić information content (AvgIpc) is 2.84. The minimum Gasteiger partial charge on any atom is -0.308 e. The van der Waals surface area contributed by atoms with Gasteiger partial charge in [-0.25, -0.2) is 0 Å². The zero-order chi connectivity index (χ0) is 14.8. The van der Waals surface area contributed by atoms with Gasteiger partial charge in [0.05, 0.1) is 12.1 Å². The second-order valence-electron chi connectivity index (χ2n) is 5.76. The molecule has 0 atom stereocenters. The van der Waals surface area contributed by atoms with Gasteiger partial charge in [0, 0.05) is 17.5 Å². The summed E-state index contributed by atoms with van der Waals surface area (Å²) < 4.78 is 2.12. The van der Waals surface area contributed by atoms with Gasteiger partial charge in [-0.3, -0.25) is 4.68 Å². The number of nitrogens with zero attached hydrogens (tertiary/aromatic N) is 3. The number of aryl methyl sites for hydroxylation is 1. The molecule has 0 radical (unpaired) electrons. The summed E-state index contributed by atoms with van der Waals surface area (Å²) in [6.45, 7) is 4.02. The van der Waals surface area contributed by atoms with Crippen LogP contribution < -0.4 is 0 Å². The zero-order valence-corrected chi connectivity index (χ0v) is 12.9. The predicted octanol–water partition coefficient (Wildman–Crippen LogP) is 3.57. The number of hydrogen-bond acceptors (Lipinski definition) is 2. The lowest BCUT2D eigenvalue weighted by Crippen LogP contribution is -2.18. The molecule has 0 aliphatic heterocycles. The van der Waals surface area contributed by atoms with Crippen LogP contribution in [-0.2, 0) is 6.54 Å². The Morgan fingerprint density at radius 3 is 2.52 bits per heavy atom. The van der Waals surface area contributed by atoms with E-state index in [1.165, 1.54) is 22.0 Å². The van der Waals surface area contributed by atoms with Crippen molar-refractivity contribution in [2.75, 3.05) is 20.6 Å². The van der Waals surface area contributed by atoms with E-state index in [2.05, 4.69) is 73.1 Å². The molecule has 1 heterocycles. The molecule has 21 heavy (non-hydrogen) atoms. The number of fused-ring (bicyclic) bond motifs is 1. The van der Waals surface area contributed by atoms with Crippen LogP contribution in [0.5, 0.6) is 0 Å². The van der Waals surface area contributed by atoms with Crippen LogP contribution in [0.4, 0.5) is 0 Å². The van der Waals surface area contributed by atoms with Crippen LogP contribution in [-0.4, -0.2) is 35.3 Å². The van der Waals surface area contributed by atoms with Crippen molar-refractivity contribution in [2.24, 2.45) is 0 Å². The van der Waals surface area contributed by atoms with Gasteiger partial charge < -0.3 is 4.90 Å². The maximum atomic E-state index is 4.86. The molecule has 0 amide bonds. The number of likely N-dealkylation sites (N-methyl/N-ethyl adjacent to an activating group) is 1. The average molecular weight is 279 g/mol. The molecule has 0 aliphatic rings. The molecule has 0 fully saturated rings. The topological polar surface area (TPSA) is 21.1 Å². The molecule has 3 heteroatoms. The van der Waals surface area contributed by atoms with Crippen molar-refractivity contribution in [3.63, 3.8) is 0 Å². The third-order valence-corrected chi connectivity index (χ3v) is 3.71. The summed E-state index contributed by atoms with van der Waals surface area (Å²) in [6.07, 6.45) is 0. The van der Waals surface area contributed by atoms with Crippen LogP contribution >= 0.6 is 0 Å². The highest BCUT2D eigenvalue weighted by Crippen LogP contribution is 2.28. The predicted molar refractivity (Wildman–Crippen MR) is 88.5 cm³/mol. The van der Waals surface area contributed by atoms with Crippen molar-refractivity contribution < 1.29 is 0 Å². The van der Waals surface area contributed by atoms with Crippen LogP contribution in [0.25, 0.3) is 22.2 Å². The smallest absolute Gasteiger partial charge is 0.100 e. The van der Waals surface area contributed by atoms with Gasteiger partial charge in [0.25, 0.3) is 0 Å². The Morgan fingerprint density at radius 1 is 1.05 bits per heavy atom. The molecule has 3 rings (SSSR count). The van der Waals surface area contributed by atoms with E-state index < -0.39 is 0 Å². The summed E-state index contributed by atoms with van der Waals surface area (Å²) in [7, 11) is 4.18. The lowest BCUT2D eigenvalue weighted by atomic mass is 10.1. The van der Waals surface area contributed by atoms with E-state index in [9.17, 15) is 0 Å². The molecule has 0 spiro atoms. The monoisotopic (exact) mass is 279 g/mol. The first kappa shape index (κ1) is 13.8. The lowest BCUT2D eigenvalue weighted by molar-refractivity contribution is 0.377. The van der Waals surface area contributed by atoms with E-state index >= 15 is 0 Å².